The van der Waals surface area contributed by atoms with Crippen LogP contribution < -0.4 is 5.32 Å². The summed E-state index contributed by atoms with van der Waals surface area (Å²) in [5.41, 5.74) is -0.0675. The fraction of sp³-hybridized carbons (Fsp3) is 0.545. The van der Waals surface area contributed by atoms with E-state index in [9.17, 15) is 9.59 Å². The zero-order chi connectivity index (χ0) is 13.1. The number of nitrogens with one attached hydrogen (secondary N) is 1. The van der Waals surface area contributed by atoms with Crippen LogP contribution in [0.25, 0.3) is 0 Å². The van der Waals surface area contributed by atoms with Crippen molar-refractivity contribution in [3.63, 3.8) is 0 Å². The van der Waals surface area contributed by atoms with E-state index in [2.05, 4.69) is 10.3 Å². The largest absolute Gasteiger partial charge is 0.476 e. The van der Waals surface area contributed by atoms with Crippen molar-refractivity contribution in [2.45, 2.75) is 18.9 Å². The quantitative estimate of drug-likeness (QED) is 0.842. The van der Waals surface area contributed by atoms with Crippen molar-refractivity contribution in [2.75, 3.05) is 20.1 Å². The van der Waals surface area contributed by atoms with Crippen LogP contribution in [0, 0.1) is 0 Å². The molecule has 0 spiro atoms. The Morgan fingerprint density at radius 3 is 2.72 bits per heavy atom. The summed E-state index contributed by atoms with van der Waals surface area (Å²) in [6.07, 6.45) is 1.83. The number of carboxylic acid groups (broad SMARTS) is 1. The molecule has 0 saturated carbocycles. The van der Waals surface area contributed by atoms with E-state index in [-0.39, 0.29) is 22.7 Å². The van der Waals surface area contributed by atoms with Gasteiger partial charge in [0.15, 0.2) is 10.7 Å². The normalized spacial score (nSPS) is 16.5. The van der Waals surface area contributed by atoms with Gasteiger partial charge in [-0.1, -0.05) is 0 Å². The molecule has 0 atom stereocenters. The van der Waals surface area contributed by atoms with Gasteiger partial charge in [0.25, 0.3) is 5.91 Å². The fourth-order valence-corrected chi connectivity index (χ4v) is 2.75. The Bertz CT molecular complexity index is 454. The predicted octanol–water partition coefficient (Wildman–Crippen LogP) is 0.665. The van der Waals surface area contributed by atoms with Gasteiger partial charge < -0.3 is 15.3 Å². The summed E-state index contributed by atoms with van der Waals surface area (Å²) in [5, 5.41) is 13.7. The maximum atomic E-state index is 12.1. The van der Waals surface area contributed by atoms with E-state index in [1.807, 2.05) is 0 Å². The molecule has 0 aliphatic carbocycles. The second kappa shape index (κ2) is 5.45. The zero-order valence-corrected chi connectivity index (χ0v) is 10.9. The molecule has 0 bridgehead atoms. The minimum Gasteiger partial charge on any atom is -0.476 e. The maximum absolute atomic E-state index is 12.1. The van der Waals surface area contributed by atoms with Gasteiger partial charge in [-0.2, -0.15) is 0 Å². The second-order valence-electron chi connectivity index (χ2n) is 4.24. The molecule has 1 fully saturated rings. The van der Waals surface area contributed by atoms with Crippen molar-refractivity contribution in [2.24, 2.45) is 0 Å². The summed E-state index contributed by atoms with van der Waals surface area (Å²) in [6, 6.07) is 0.205. The number of carbonyl (C=O) groups excluding carboxylic acids is 1. The lowest BCUT2D eigenvalue weighted by atomic mass is 10.1. The number of hydrogen-bond acceptors (Lipinski definition) is 5. The fourth-order valence-electron chi connectivity index (χ4n) is 1.98. The first-order chi connectivity index (χ1) is 8.59. The number of amides is 1. The summed E-state index contributed by atoms with van der Waals surface area (Å²) in [5.74, 6) is -1.30. The molecule has 1 saturated heterocycles. The molecule has 0 radical (unpaired) electrons. The number of aromatic nitrogens is 1. The van der Waals surface area contributed by atoms with Crippen LogP contribution in [0.1, 0.15) is 33.1 Å². The third kappa shape index (κ3) is 2.68. The van der Waals surface area contributed by atoms with Gasteiger partial charge in [-0.25, -0.2) is 9.78 Å². The molecule has 0 aromatic carbocycles. The van der Waals surface area contributed by atoms with Gasteiger partial charge in [0.05, 0.1) is 0 Å². The molecule has 7 heteroatoms. The van der Waals surface area contributed by atoms with E-state index in [1.54, 1.807) is 11.9 Å². The van der Waals surface area contributed by atoms with Crippen molar-refractivity contribution in [3.8, 4) is 0 Å². The lowest BCUT2D eigenvalue weighted by Gasteiger charge is -2.31. The first-order valence-electron chi connectivity index (χ1n) is 5.76. The molecule has 1 aromatic heterocycles. The molecule has 0 unspecified atom stereocenters. The first-order valence-corrected chi connectivity index (χ1v) is 6.64. The first kappa shape index (κ1) is 13.0. The molecular formula is C11H15N3O3S. The maximum Gasteiger partial charge on any atom is 0.355 e. The zero-order valence-electron chi connectivity index (χ0n) is 10.0. The van der Waals surface area contributed by atoms with E-state index < -0.39 is 5.97 Å². The Balaban J connectivity index is 2.07. The molecule has 1 aromatic rings. The Labute approximate surface area is 109 Å². The minimum atomic E-state index is -1.10. The minimum absolute atomic E-state index is 0.0675. The third-order valence-corrected chi connectivity index (χ3v) is 3.91. The molecule has 2 heterocycles. The number of hydrogen-bond donors (Lipinski definition) is 2. The van der Waals surface area contributed by atoms with Crippen LogP contribution in [0.3, 0.4) is 0 Å². The third-order valence-electron chi connectivity index (χ3n) is 3.08. The lowest BCUT2D eigenvalue weighted by Crippen LogP contribution is -2.43. The number of aromatic carboxylic acids is 1. The monoisotopic (exact) mass is 269 g/mol. The van der Waals surface area contributed by atoms with E-state index >= 15 is 0 Å². The SMILES string of the molecule is CN(C(=O)c1nc(C(=O)O)cs1)C1CCNCC1. The molecule has 98 valence electrons. The molecule has 1 aliphatic rings. The van der Waals surface area contributed by atoms with Crippen molar-refractivity contribution >= 4 is 23.2 Å². The Hall–Kier alpha value is -1.47. The highest BCUT2D eigenvalue weighted by atomic mass is 32.1. The van der Waals surface area contributed by atoms with E-state index in [1.165, 1.54) is 5.38 Å². The van der Waals surface area contributed by atoms with E-state index in [0.29, 0.717) is 0 Å². The number of piperidine rings is 1. The van der Waals surface area contributed by atoms with Gasteiger partial charge >= 0.3 is 5.97 Å². The van der Waals surface area contributed by atoms with E-state index in [4.69, 9.17) is 5.11 Å². The van der Waals surface area contributed by atoms with E-state index in [0.717, 1.165) is 37.3 Å². The summed E-state index contributed by atoms with van der Waals surface area (Å²) in [4.78, 5) is 28.4. The molecule has 18 heavy (non-hydrogen) atoms. The molecule has 1 amide bonds. The Kier molecular flexibility index (Phi) is 3.93. The Morgan fingerprint density at radius 1 is 1.50 bits per heavy atom. The molecule has 6 nitrogen and oxygen atoms in total. The van der Waals surface area contributed by atoms with Gasteiger partial charge in [-0.15, -0.1) is 11.3 Å². The molecule has 2 rings (SSSR count). The van der Waals surface area contributed by atoms with Gasteiger partial charge in [-0.05, 0) is 25.9 Å². The summed E-state index contributed by atoms with van der Waals surface area (Å²) in [6.45, 7) is 1.81. The van der Waals surface area contributed by atoms with Crippen molar-refractivity contribution in [1.82, 2.24) is 15.2 Å². The summed E-state index contributed by atoms with van der Waals surface area (Å²) < 4.78 is 0. The van der Waals surface area contributed by atoms with Crippen LogP contribution in [0.2, 0.25) is 0 Å². The summed E-state index contributed by atoms with van der Waals surface area (Å²) >= 11 is 1.08. The predicted molar refractivity (Wildman–Crippen MR) is 67.1 cm³/mol. The molecule has 2 N–H and O–H groups in total. The number of nitrogens with zero attached hydrogens (tertiary/aromatic N) is 2. The van der Waals surface area contributed by atoms with Crippen LogP contribution >= 0.6 is 11.3 Å². The van der Waals surface area contributed by atoms with Gasteiger partial charge in [-0.3, -0.25) is 4.79 Å². The number of thiazole rings is 1. The lowest BCUT2D eigenvalue weighted by molar-refractivity contribution is 0.0690. The number of carbonyl (C=O) groups is 2. The number of rotatable bonds is 3. The van der Waals surface area contributed by atoms with Gasteiger partial charge in [0.1, 0.15) is 0 Å². The van der Waals surface area contributed by atoms with Crippen LogP contribution in [0.5, 0.6) is 0 Å². The summed E-state index contributed by atoms with van der Waals surface area (Å²) in [7, 11) is 1.75. The van der Waals surface area contributed by atoms with Gasteiger partial charge in [0.2, 0.25) is 0 Å². The number of carboxylic acids is 1. The highest BCUT2D eigenvalue weighted by molar-refractivity contribution is 7.11. The van der Waals surface area contributed by atoms with Crippen LogP contribution in [0.4, 0.5) is 0 Å². The average molecular weight is 269 g/mol. The molecule has 1 aliphatic heterocycles. The highest BCUT2D eigenvalue weighted by Crippen LogP contribution is 2.16. The second-order valence-corrected chi connectivity index (χ2v) is 5.10. The van der Waals surface area contributed by atoms with Crippen molar-refractivity contribution in [1.29, 1.82) is 0 Å². The smallest absolute Gasteiger partial charge is 0.355 e. The standard InChI is InChI=1S/C11H15N3O3S/c1-14(7-2-4-12-5-3-7)10(15)9-13-8(6-18-9)11(16)17/h6-7,12H,2-5H2,1H3,(H,16,17). The van der Waals surface area contributed by atoms with Crippen molar-refractivity contribution < 1.29 is 14.7 Å². The van der Waals surface area contributed by atoms with Crippen LogP contribution in [0.15, 0.2) is 5.38 Å². The topological polar surface area (TPSA) is 82.5 Å². The van der Waals surface area contributed by atoms with Crippen LogP contribution in [-0.4, -0.2) is 53.0 Å². The van der Waals surface area contributed by atoms with Crippen molar-refractivity contribution in [3.05, 3.63) is 16.1 Å². The van der Waals surface area contributed by atoms with Gasteiger partial charge in [0, 0.05) is 18.5 Å². The highest BCUT2D eigenvalue weighted by Gasteiger charge is 2.25. The van der Waals surface area contributed by atoms with Crippen LogP contribution in [-0.2, 0) is 0 Å². The molecular weight excluding hydrogens is 254 g/mol. The Morgan fingerprint density at radius 2 is 2.17 bits per heavy atom. The average Bonchev–Trinajstić information content (AvgIpc) is 2.88.